The van der Waals surface area contributed by atoms with E-state index in [4.69, 9.17) is 0 Å². The minimum Gasteiger partial charge on any atom is -0.341 e. The summed E-state index contributed by atoms with van der Waals surface area (Å²) in [5.74, 6) is 2.17. The van der Waals surface area contributed by atoms with Crippen molar-refractivity contribution in [1.82, 2.24) is 10.2 Å². The Morgan fingerprint density at radius 1 is 1.50 bits per heavy atom. The molecule has 0 aromatic carbocycles. The van der Waals surface area contributed by atoms with Gasteiger partial charge in [-0.1, -0.05) is 0 Å². The Morgan fingerprint density at radius 2 is 2.33 bits per heavy atom. The summed E-state index contributed by atoms with van der Waals surface area (Å²) in [6.45, 7) is 8.59. The van der Waals surface area contributed by atoms with Gasteiger partial charge in [-0.15, -0.1) is 0 Å². The van der Waals surface area contributed by atoms with E-state index in [-0.39, 0.29) is 4.75 Å². The number of nitrogens with zero attached hydrogens (tertiary/aromatic N) is 1. The second-order valence-electron chi connectivity index (χ2n) is 6.17. The molecule has 0 aromatic rings. The van der Waals surface area contributed by atoms with Crippen LogP contribution in [0.2, 0.25) is 0 Å². The van der Waals surface area contributed by atoms with E-state index in [0.717, 1.165) is 50.7 Å². The van der Waals surface area contributed by atoms with Crippen LogP contribution >= 0.6 is 11.8 Å². The highest BCUT2D eigenvalue weighted by atomic mass is 32.2. The van der Waals surface area contributed by atoms with E-state index in [1.165, 1.54) is 12.8 Å². The number of thioether (sulfide) groups is 1. The first-order valence-corrected chi connectivity index (χ1v) is 8.18. The Morgan fingerprint density at radius 3 is 3.00 bits per heavy atom. The Balaban J connectivity index is 1.73. The zero-order chi connectivity index (χ0) is 13.0. The van der Waals surface area contributed by atoms with Crippen molar-refractivity contribution >= 4 is 17.7 Å². The van der Waals surface area contributed by atoms with E-state index >= 15 is 0 Å². The average molecular weight is 270 g/mol. The topological polar surface area (TPSA) is 32.3 Å². The van der Waals surface area contributed by atoms with Gasteiger partial charge < -0.3 is 10.2 Å². The molecule has 0 aromatic heterocycles. The third-order valence-corrected chi connectivity index (χ3v) is 5.24. The molecule has 1 unspecified atom stereocenters. The lowest BCUT2D eigenvalue weighted by Gasteiger charge is -2.37. The number of carbonyl (C=O) groups excluding carboxylic acids is 1. The molecular formula is C14H26N2OS. The second-order valence-corrected chi connectivity index (χ2v) is 7.98. The predicted octanol–water partition coefficient (Wildman–Crippen LogP) is 2.12. The van der Waals surface area contributed by atoms with Crippen LogP contribution < -0.4 is 5.32 Å². The van der Waals surface area contributed by atoms with Gasteiger partial charge in [0, 0.05) is 30.0 Å². The number of hydrogen-bond acceptors (Lipinski definition) is 3. The van der Waals surface area contributed by atoms with Crippen LogP contribution in [0.4, 0.5) is 0 Å². The number of hydrogen-bond donors (Lipinski definition) is 1. The molecule has 0 aliphatic carbocycles. The number of nitrogens with one attached hydrogen (secondary N) is 1. The molecule has 2 aliphatic heterocycles. The lowest BCUT2D eigenvalue weighted by atomic mass is 9.94. The number of rotatable bonds is 3. The zero-order valence-electron chi connectivity index (χ0n) is 11.7. The Hall–Kier alpha value is -0.220. The summed E-state index contributed by atoms with van der Waals surface area (Å²) >= 11 is 1.98. The Labute approximate surface area is 115 Å². The molecule has 0 radical (unpaired) electrons. The van der Waals surface area contributed by atoms with E-state index in [1.807, 2.05) is 11.8 Å². The van der Waals surface area contributed by atoms with E-state index in [2.05, 4.69) is 24.1 Å². The van der Waals surface area contributed by atoms with Gasteiger partial charge in [-0.25, -0.2) is 0 Å². The van der Waals surface area contributed by atoms with Crippen molar-refractivity contribution in [3.05, 3.63) is 0 Å². The van der Waals surface area contributed by atoms with E-state index in [1.54, 1.807) is 0 Å². The van der Waals surface area contributed by atoms with Crippen molar-refractivity contribution in [2.24, 2.45) is 5.92 Å². The monoisotopic (exact) mass is 270 g/mol. The maximum absolute atomic E-state index is 12.2. The summed E-state index contributed by atoms with van der Waals surface area (Å²) in [4.78, 5) is 14.3. The van der Waals surface area contributed by atoms with E-state index in [0.29, 0.717) is 5.91 Å². The summed E-state index contributed by atoms with van der Waals surface area (Å²) in [5.41, 5.74) is 0. The number of carbonyl (C=O) groups is 1. The molecule has 3 nitrogen and oxygen atoms in total. The van der Waals surface area contributed by atoms with E-state index < -0.39 is 0 Å². The van der Waals surface area contributed by atoms with Crippen molar-refractivity contribution in [2.45, 2.75) is 44.3 Å². The van der Waals surface area contributed by atoms with Crippen LogP contribution in [0.5, 0.6) is 0 Å². The predicted molar refractivity (Wildman–Crippen MR) is 77.9 cm³/mol. The van der Waals surface area contributed by atoms with Crippen molar-refractivity contribution in [3.8, 4) is 0 Å². The highest BCUT2D eigenvalue weighted by molar-refractivity contribution is 8.00. The van der Waals surface area contributed by atoms with Crippen LogP contribution in [-0.4, -0.2) is 47.5 Å². The van der Waals surface area contributed by atoms with Gasteiger partial charge in [0.2, 0.25) is 5.91 Å². The van der Waals surface area contributed by atoms with Gasteiger partial charge in [0.15, 0.2) is 0 Å². The van der Waals surface area contributed by atoms with Gasteiger partial charge >= 0.3 is 0 Å². The minimum atomic E-state index is 0.236. The van der Waals surface area contributed by atoms with Crippen LogP contribution in [0.1, 0.15) is 39.5 Å². The quantitative estimate of drug-likeness (QED) is 0.852. The normalized spacial score (nSPS) is 28.1. The smallest absolute Gasteiger partial charge is 0.222 e. The molecular weight excluding hydrogens is 244 g/mol. The third-order valence-electron chi connectivity index (χ3n) is 3.94. The summed E-state index contributed by atoms with van der Waals surface area (Å²) in [6.07, 6.45) is 4.37. The SMILES string of the molecule is CC1(C)CN(C(=O)CCC2CCCNC2)CCS1. The highest BCUT2D eigenvalue weighted by Gasteiger charge is 2.29. The second kappa shape index (κ2) is 6.29. The first kappa shape index (κ1) is 14.2. The molecule has 2 aliphatic rings. The number of piperidine rings is 1. The summed E-state index contributed by atoms with van der Waals surface area (Å²) in [5, 5.41) is 3.42. The molecule has 0 bridgehead atoms. The molecule has 0 spiro atoms. The average Bonchev–Trinajstić information content (AvgIpc) is 2.36. The van der Waals surface area contributed by atoms with Crippen LogP contribution in [0, 0.1) is 5.92 Å². The maximum Gasteiger partial charge on any atom is 0.222 e. The zero-order valence-corrected chi connectivity index (χ0v) is 12.5. The van der Waals surface area contributed by atoms with Gasteiger partial charge in [0.1, 0.15) is 0 Å². The Bertz CT molecular complexity index is 288. The molecule has 2 saturated heterocycles. The first-order chi connectivity index (χ1) is 8.57. The molecule has 1 atom stereocenters. The lowest BCUT2D eigenvalue weighted by Crippen LogP contribution is -2.46. The maximum atomic E-state index is 12.2. The van der Waals surface area contributed by atoms with Gasteiger partial charge in [-0.2, -0.15) is 11.8 Å². The van der Waals surface area contributed by atoms with Crippen LogP contribution in [0.15, 0.2) is 0 Å². The molecule has 2 rings (SSSR count). The van der Waals surface area contributed by atoms with Crippen molar-refractivity contribution in [2.75, 3.05) is 31.9 Å². The Kier molecular flexibility index (Phi) is 4.96. The van der Waals surface area contributed by atoms with Crippen molar-refractivity contribution in [3.63, 3.8) is 0 Å². The summed E-state index contributed by atoms with van der Waals surface area (Å²) < 4.78 is 0.236. The largest absolute Gasteiger partial charge is 0.341 e. The fourth-order valence-corrected chi connectivity index (χ4v) is 4.00. The third kappa shape index (κ3) is 4.16. The molecule has 104 valence electrons. The molecule has 0 saturated carbocycles. The number of amides is 1. The first-order valence-electron chi connectivity index (χ1n) is 7.19. The summed E-state index contributed by atoms with van der Waals surface area (Å²) in [7, 11) is 0. The summed E-state index contributed by atoms with van der Waals surface area (Å²) in [6, 6.07) is 0. The fraction of sp³-hybridized carbons (Fsp3) is 0.929. The molecule has 1 N–H and O–H groups in total. The van der Waals surface area contributed by atoms with Crippen LogP contribution in [0.3, 0.4) is 0 Å². The highest BCUT2D eigenvalue weighted by Crippen LogP contribution is 2.30. The molecule has 2 fully saturated rings. The van der Waals surface area contributed by atoms with Gasteiger partial charge in [-0.05, 0) is 52.1 Å². The molecule has 2 heterocycles. The van der Waals surface area contributed by atoms with Gasteiger partial charge in [-0.3, -0.25) is 4.79 Å². The van der Waals surface area contributed by atoms with Gasteiger partial charge in [0.25, 0.3) is 0 Å². The standard InChI is InChI=1S/C14H26N2OS/c1-14(2)11-16(8-9-18-14)13(17)6-5-12-4-3-7-15-10-12/h12,15H,3-11H2,1-2H3. The molecule has 18 heavy (non-hydrogen) atoms. The van der Waals surface area contributed by atoms with Crippen LogP contribution in [-0.2, 0) is 4.79 Å². The molecule has 4 heteroatoms. The van der Waals surface area contributed by atoms with E-state index in [9.17, 15) is 4.79 Å². The van der Waals surface area contributed by atoms with Crippen LogP contribution in [0.25, 0.3) is 0 Å². The van der Waals surface area contributed by atoms with Crippen molar-refractivity contribution in [1.29, 1.82) is 0 Å². The lowest BCUT2D eigenvalue weighted by molar-refractivity contribution is -0.131. The fourth-order valence-electron chi connectivity index (χ4n) is 2.89. The van der Waals surface area contributed by atoms with Gasteiger partial charge in [0.05, 0.1) is 0 Å². The molecule has 1 amide bonds. The minimum absolute atomic E-state index is 0.236. The van der Waals surface area contributed by atoms with Crippen molar-refractivity contribution < 1.29 is 4.79 Å².